The summed E-state index contributed by atoms with van der Waals surface area (Å²) in [6.45, 7) is 0. The number of hydrogen-bond donors (Lipinski definition) is 0. The number of benzene rings is 2. The second-order valence-corrected chi connectivity index (χ2v) is 6.36. The van der Waals surface area contributed by atoms with Gasteiger partial charge in [0.05, 0.1) is 5.38 Å². The fourth-order valence-electron chi connectivity index (χ4n) is 3.21. The zero-order valence-electron chi connectivity index (χ0n) is 10.9. The molecular weight excluding hydrogens is 275 g/mol. The van der Waals surface area contributed by atoms with Gasteiger partial charge >= 0.3 is 0 Å². The molecular formula is C17H18Cl2. The second kappa shape index (κ2) is 5.73. The van der Waals surface area contributed by atoms with Crippen LogP contribution >= 0.6 is 23.2 Å². The van der Waals surface area contributed by atoms with Gasteiger partial charge in [-0.05, 0) is 35.8 Å². The summed E-state index contributed by atoms with van der Waals surface area (Å²) < 4.78 is 0. The Hall–Kier alpha value is -0.720. The van der Waals surface area contributed by atoms with E-state index in [1.165, 1.54) is 43.1 Å². The average Bonchev–Trinajstić information content (AvgIpc) is 2.48. The lowest BCUT2D eigenvalue weighted by Gasteiger charge is -2.27. The standard InChI is InChI=1S/C17H18Cl2/c18-16-11-10-15(13-8-4-5-9-14(13)16)17(19)12-6-2-1-3-7-12/h4-5,8-12,17H,1-3,6-7H2. The molecule has 0 N–H and O–H groups in total. The van der Waals surface area contributed by atoms with Crippen molar-refractivity contribution in [3.05, 3.63) is 47.0 Å². The Balaban J connectivity index is 2.02. The number of alkyl halides is 1. The summed E-state index contributed by atoms with van der Waals surface area (Å²) in [5, 5.41) is 3.25. The third-order valence-corrected chi connectivity index (χ3v) is 5.19. The first-order valence-electron chi connectivity index (χ1n) is 7.08. The van der Waals surface area contributed by atoms with Gasteiger partial charge in [0, 0.05) is 10.4 Å². The molecule has 0 radical (unpaired) electrons. The third kappa shape index (κ3) is 2.61. The van der Waals surface area contributed by atoms with Gasteiger partial charge in [0.2, 0.25) is 0 Å². The Morgan fingerprint density at radius 1 is 0.895 bits per heavy atom. The van der Waals surface area contributed by atoms with Crippen molar-refractivity contribution in [2.24, 2.45) is 5.92 Å². The van der Waals surface area contributed by atoms with Gasteiger partial charge < -0.3 is 0 Å². The van der Waals surface area contributed by atoms with Gasteiger partial charge in [-0.3, -0.25) is 0 Å². The van der Waals surface area contributed by atoms with Crippen molar-refractivity contribution in [3.63, 3.8) is 0 Å². The molecule has 1 aliphatic carbocycles. The van der Waals surface area contributed by atoms with E-state index in [0.717, 1.165) is 10.4 Å². The van der Waals surface area contributed by atoms with Gasteiger partial charge in [-0.1, -0.05) is 61.2 Å². The van der Waals surface area contributed by atoms with Crippen molar-refractivity contribution >= 4 is 34.0 Å². The maximum Gasteiger partial charge on any atom is 0.0619 e. The topological polar surface area (TPSA) is 0 Å². The normalized spacial score (nSPS) is 18.6. The molecule has 0 heterocycles. The average molecular weight is 293 g/mol. The van der Waals surface area contributed by atoms with E-state index in [0.29, 0.717) is 5.92 Å². The summed E-state index contributed by atoms with van der Waals surface area (Å²) in [4.78, 5) is 0. The third-order valence-electron chi connectivity index (χ3n) is 4.27. The van der Waals surface area contributed by atoms with Crippen molar-refractivity contribution in [3.8, 4) is 0 Å². The minimum atomic E-state index is 0.113. The maximum atomic E-state index is 6.77. The Morgan fingerprint density at radius 2 is 1.58 bits per heavy atom. The summed E-state index contributed by atoms with van der Waals surface area (Å²) in [6.07, 6.45) is 6.51. The van der Waals surface area contributed by atoms with E-state index in [4.69, 9.17) is 23.2 Å². The highest BCUT2D eigenvalue weighted by molar-refractivity contribution is 6.35. The fourth-order valence-corrected chi connectivity index (χ4v) is 3.88. The van der Waals surface area contributed by atoms with Crippen LogP contribution in [0.4, 0.5) is 0 Å². The van der Waals surface area contributed by atoms with Crippen LogP contribution in [0.15, 0.2) is 36.4 Å². The minimum Gasteiger partial charge on any atom is -0.117 e. The number of hydrogen-bond acceptors (Lipinski definition) is 0. The predicted octanol–water partition coefficient (Wildman–Crippen LogP) is 6.35. The van der Waals surface area contributed by atoms with Crippen LogP contribution in [0.1, 0.15) is 43.0 Å². The van der Waals surface area contributed by atoms with E-state index in [9.17, 15) is 0 Å². The monoisotopic (exact) mass is 292 g/mol. The molecule has 19 heavy (non-hydrogen) atoms. The first-order chi connectivity index (χ1) is 9.27. The zero-order chi connectivity index (χ0) is 13.2. The molecule has 1 unspecified atom stereocenters. The smallest absolute Gasteiger partial charge is 0.0619 e. The molecule has 0 nitrogen and oxygen atoms in total. The van der Waals surface area contributed by atoms with Crippen molar-refractivity contribution in [2.75, 3.05) is 0 Å². The second-order valence-electron chi connectivity index (χ2n) is 5.48. The van der Waals surface area contributed by atoms with Gasteiger partial charge in [-0.2, -0.15) is 0 Å². The lowest BCUT2D eigenvalue weighted by atomic mass is 9.83. The predicted molar refractivity (Wildman–Crippen MR) is 84.1 cm³/mol. The minimum absolute atomic E-state index is 0.113. The van der Waals surface area contributed by atoms with Crippen LogP contribution in [-0.4, -0.2) is 0 Å². The Bertz CT molecular complexity index is 570. The fraction of sp³-hybridized carbons (Fsp3) is 0.412. The molecule has 2 aromatic carbocycles. The number of fused-ring (bicyclic) bond motifs is 1. The van der Waals surface area contributed by atoms with Crippen molar-refractivity contribution in [1.82, 2.24) is 0 Å². The number of halogens is 2. The quantitative estimate of drug-likeness (QED) is 0.566. The Labute approximate surface area is 124 Å². The van der Waals surface area contributed by atoms with E-state index in [-0.39, 0.29) is 5.38 Å². The van der Waals surface area contributed by atoms with Crippen LogP contribution in [0.3, 0.4) is 0 Å². The Kier molecular flexibility index (Phi) is 4.00. The van der Waals surface area contributed by atoms with E-state index in [1.807, 2.05) is 12.1 Å². The Morgan fingerprint density at radius 3 is 2.32 bits per heavy atom. The van der Waals surface area contributed by atoms with E-state index < -0.39 is 0 Å². The highest BCUT2D eigenvalue weighted by atomic mass is 35.5. The van der Waals surface area contributed by atoms with Gasteiger partial charge in [-0.25, -0.2) is 0 Å². The molecule has 0 spiro atoms. The molecule has 0 bridgehead atoms. The molecule has 0 aliphatic heterocycles. The molecule has 1 saturated carbocycles. The molecule has 2 heteroatoms. The molecule has 3 rings (SSSR count). The lowest BCUT2D eigenvalue weighted by Crippen LogP contribution is -2.12. The summed E-state index contributed by atoms with van der Waals surface area (Å²) >= 11 is 13.0. The van der Waals surface area contributed by atoms with E-state index >= 15 is 0 Å². The highest BCUT2D eigenvalue weighted by Gasteiger charge is 2.24. The molecule has 100 valence electrons. The van der Waals surface area contributed by atoms with Crippen LogP contribution in [0.2, 0.25) is 5.02 Å². The van der Waals surface area contributed by atoms with Crippen LogP contribution in [0.25, 0.3) is 10.8 Å². The van der Waals surface area contributed by atoms with Crippen LogP contribution in [-0.2, 0) is 0 Å². The van der Waals surface area contributed by atoms with Crippen LogP contribution < -0.4 is 0 Å². The van der Waals surface area contributed by atoms with Gasteiger partial charge in [0.1, 0.15) is 0 Å². The first-order valence-corrected chi connectivity index (χ1v) is 7.90. The zero-order valence-corrected chi connectivity index (χ0v) is 12.4. The van der Waals surface area contributed by atoms with Gasteiger partial charge in [0.25, 0.3) is 0 Å². The highest BCUT2D eigenvalue weighted by Crippen LogP contribution is 2.42. The van der Waals surface area contributed by atoms with Crippen LogP contribution in [0, 0.1) is 5.92 Å². The molecule has 1 aliphatic rings. The summed E-state index contributed by atoms with van der Waals surface area (Å²) in [5.74, 6) is 0.611. The molecule has 0 amide bonds. The van der Waals surface area contributed by atoms with Crippen molar-refractivity contribution < 1.29 is 0 Å². The van der Waals surface area contributed by atoms with Gasteiger partial charge in [0.15, 0.2) is 0 Å². The summed E-state index contributed by atoms with van der Waals surface area (Å²) in [6, 6.07) is 12.4. The summed E-state index contributed by atoms with van der Waals surface area (Å²) in [5.41, 5.74) is 1.24. The summed E-state index contributed by atoms with van der Waals surface area (Å²) in [7, 11) is 0. The lowest BCUT2D eigenvalue weighted by molar-refractivity contribution is 0.349. The SMILES string of the molecule is Clc1ccc(C(Cl)C2CCCCC2)c2ccccc12. The van der Waals surface area contributed by atoms with Gasteiger partial charge in [-0.15, -0.1) is 11.6 Å². The number of rotatable bonds is 2. The van der Waals surface area contributed by atoms with E-state index in [2.05, 4.69) is 24.3 Å². The van der Waals surface area contributed by atoms with Crippen molar-refractivity contribution in [1.29, 1.82) is 0 Å². The van der Waals surface area contributed by atoms with Crippen molar-refractivity contribution in [2.45, 2.75) is 37.5 Å². The first kappa shape index (κ1) is 13.3. The van der Waals surface area contributed by atoms with Crippen LogP contribution in [0.5, 0.6) is 0 Å². The molecule has 1 fully saturated rings. The molecule has 2 aromatic rings. The largest absolute Gasteiger partial charge is 0.117 e. The van der Waals surface area contributed by atoms with E-state index in [1.54, 1.807) is 0 Å². The molecule has 0 saturated heterocycles. The maximum absolute atomic E-state index is 6.77. The molecule has 1 atom stereocenters. The molecule has 0 aromatic heterocycles.